The van der Waals surface area contributed by atoms with E-state index in [-0.39, 0.29) is 0 Å². The van der Waals surface area contributed by atoms with Gasteiger partial charge in [0.25, 0.3) is 0 Å². The number of piperidine rings is 1. The second kappa shape index (κ2) is 5.81. The molecular formula is C14H17BrClNO2. The van der Waals surface area contributed by atoms with Crippen LogP contribution in [0.1, 0.15) is 31.7 Å². The minimum atomic E-state index is -0.760. The fraction of sp³-hybridized carbons (Fsp3) is 0.500. The minimum Gasteiger partial charge on any atom is -0.480 e. The lowest BCUT2D eigenvalue weighted by Gasteiger charge is -2.41. The molecule has 1 aliphatic heterocycles. The molecule has 1 unspecified atom stereocenters. The molecule has 0 aliphatic carbocycles. The molecule has 1 aromatic carbocycles. The van der Waals surface area contributed by atoms with Crippen LogP contribution in [0.15, 0.2) is 22.7 Å². The minimum absolute atomic E-state index is 0.637. The standard InChI is InChI=1S/C14H17BrClNO2/c1-14(13(18)19)6-2-3-7-17(14)9-10-4-5-12(16)11(15)8-10/h4-5,8H,2-3,6-7,9H2,1H3,(H,18,19). The molecule has 0 spiro atoms. The van der Waals surface area contributed by atoms with Crippen LogP contribution in [-0.2, 0) is 11.3 Å². The summed E-state index contributed by atoms with van der Waals surface area (Å²) in [6, 6.07) is 5.74. The van der Waals surface area contributed by atoms with E-state index in [1.165, 1.54) is 0 Å². The third kappa shape index (κ3) is 3.12. The zero-order valence-corrected chi connectivity index (χ0v) is 13.2. The summed E-state index contributed by atoms with van der Waals surface area (Å²) in [5.74, 6) is -0.736. The summed E-state index contributed by atoms with van der Waals surface area (Å²) in [4.78, 5) is 13.6. The predicted molar refractivity (Wildman–Crippen MR) is 79.5 cm³/mol. The van der Waals surface area contributed by atoms with Gasteiger partial charge in [-0.2, -0.15) is 0 Å². The summed E-state index contributed by atoms with van der Waals surface area (Å²) in [7, 11) is 0. The van der Waals surface area contributed by atoms with Crippen LogP contribution < -0.4 is 0 Å². The van der Waals surface area contributed by atoms with Crippen molar-refractivity contribution < 1.29 is 9.90 Å². The number of halogens is 2. The first-order chi connectivity index (χ1) is 8.93. The summed E-state index contributed by atoms with van der Waals surface area (Å²) in [5.41, 5.74) is 0.315. The maximum Gasteiger partial charge on any atom is 0.323 e. The lowest BCUT2D eigenvalue weighted by Crippen LogP contribution is -2.54. The second-order valence-corrected chi connectivity index (χ2v) is 6.47. The number of hydrogen-bond acceptors (Lipinski definition) is 2. The summed E-state index contributed by atoms with van der Waals surface area (Å²) < 4.78 is 0.848. The molecule has 1 atom stereocenters. The molecule has 1 N–H and O–H groups in total. The van der Waals surface area contributed by atoms with E-state index in [1.807, 2.05) is 25.1 Å². The van der Waals surface area contributed by atoms with Gasteiger partial charge >= 0.3 is 5.97 Å². The van der Waals surface area contributed by atoms with Crippen molar-refractivity contribution in [2.45, 2.75) is 38.3 Å². The maximum absolute atomic E-state index is 11.5. The molecule has 104 valence electrons. The predicted octanol–water partition coefficient (Wildman–Crippen LogP) is 3.93. The molecule has 1 aromatic rings. The lowest BCUT2D eigenvalue weighted by molar-refractivity contribution is -0.153. The first kappa shape index (κ1) is 14.8. The van der Waals surface area contributed by atoms with E-state index in [9.17, 15) is 9.90 Å². The van der Waals surface area contributed by atoms with Crippen LogP contribution in [0.25, 0.3) is 0 Å². The van der Waals surface area contributed by atoms with Gasteiger partial charge in [0.15, 0.2) is 0 Å². The number of nitrogens with zero attached hydrogens (tertiary/aromatic N) is 1. The highest BCUT2D eigenvalue weighted by atomic mass is 79.9. The van der Waals surface area contributed by atoms with Crippen LogP contribution in [0.4, 0.5) is 0 Å². The normalized spacial score (nSPS) is 24.4. The van der Waals surface area contributed by atoms with Crippen molar-refractivity contribution in [3.63, 3.8) is 0 Å². The third-order valence-corrected chi connectivity index (χ3v) is 5.07. The summed E-state index contributed by atoms with van der Waals surface area (Å²) in [6.45, 7) is 3.28. The Hall–Kier alpha value is -0.580. The maximum atomic E-state index is 11.5. The summed E-state index contributed by atoms with van der Waals surface area (Å²) in [6.07, 6.45) is 2.73. The van der Waals surface area contributed by atoms with Gasteiger partial charge < -0.3 is 5.11 Å². The number of rotatable bonds is 3. The SMILES string of the molecule is CC1(C(=O)O)CCCCN1Cc1ccc(Cl)c(Br)c1. The Labute approximate surface area is 126 Å². The highest BCUT2D eigenvalue weighted by Gasteiger charge is 2.41. The number of benzene rings is 1. The highest BCUT2D eigenvalue weighted by molar-refractivity contribution is 9.10. The van der Waals surface area contributed by atoms with Gasteiger partial charge in [-0.05, 0) is 66.4 Å². The van der Waals surface area contributed by atoms with Gasteiger partial charge in [0, 0.05) is 11.0 Å². The van der Waals surface area contributed by atoms with E-state index < -0.39 is 11.5 Å². The van der Waals surface area contributed by atoms with Gasteiger partial charge in [-0.1, -0.05) is 17.7 Å². The van der Waals surface area contributed by atoms with Crippen LogP contribution in [0.2, 0.25) is 5.02 Å². The molecule has 0 bridgehead atoms. The van der Waals surface area contributed by atoms with Gasteiger partial charge in [0.2, 0.25) is 0 Å². The third-order valence-electron chi connectivity index (χ3n) is 3.86. The van der Waals surface area contributed by atoms with Crippen LogP contribution >= 0.6 is 27.5 Å². The van der Waals surface area contributed by atoms with Crippen molar-refractivity contribution in [3.05, 3.63) is 33.3 Å². The number of likely N-dealkylation sites (tertiary alicyclic amines) is 1. The van der Waals surface area contributed by atoms with E-state index in [0.717, 1.165) is 29.4 Å². The number of carboxylic acids is 1. The smallest absolute Gasteiger partial charge is 0.323 e. The van der Waals surface area contributed by atoms with Gasteiger partial charge in [0.1, 0.15) is 5.54 Å². The number of aliphatic carboxylic acids is 1. The zero-order chi connectivity index (χ0) is 14.0. The van der Waals surface area contributed by atoms with E-state index >= 15 is 0 Å². The topological polar surface area (TPSA) is 40.5 Å². The van der Waals surface area contributed by atoms with Crippen molar-refractivity contribution in [1.29, 1.82) is 0 Å². The average molecular weight is 347 g/mol. The lowest BCUT2D eigenvalue weighted by atomic mass is 9.88. The van der Waals surface area contributed by atoms with Crippen LogP contribution in [-0.4, -0.2) is 28.1 Å². The Morgan fingerprint density at radius 2 is 2.26 bits per heavy atom. The summed E-state index contributed by atoms with van der Waals surface area (Å²) in [5, 5.41) is 10.1. The van der Waals surface area contributed by atoms with Gasteiger partial charge in [-0.25, -0.2) is 0 Å². The van der Waals surface area contributed by atoms with Crippen molar-refractivity contribution in [2.75, 3.05) is 6.54 Å². The Morgan fingerprint density at radius 1 is 1.53 bits per heavy atom. The highest BCUT2D eigenvalue weighted by Crippen LogP contribution is 2.31. The van der Waals surface area contributed by atoms with Crippen molar-refractivity contribution in [3.8, 4) is 0 Å². The molecule has 0 aromatic heterocycles. The quantitative estimate of drug-likeness (QED) is 0.901. The van der Waals surface area contributed by atoms with E-state index in [1.54, 1.807) is 0 Å². The molecule has 0 amide bonds. The summed E-state index contributed by atoms with van der Waals surface area (Å²) >= 11 is 9.38. The van der Waals surface area contributed by atoms with Gasteiger partial charge in [0.05, 0.1) is 5.02 Å². The Kier molecular flexibility index (Phi) is 4.54. The molecule has 3 nitrogen and oxygen atoms in total. The molecule has 1 heterocycles. The first-order valence-corrected chi connectivity index (χ1v) is 7.53. The van der Waals surface area contributed by atoms with Crippen molar-refractivity contribution in [2.24, 2.45) is 0 Å². The fourth-order valence-electron chi connectivity index (χ4n) is 2.53. The van der Waals surface area contributed by atoms with Crippen LogP contribution in [0.5, 0.6) is 0 Å². The van der Waals surface area contributed by atoms with E-state index in [4.69, 9.17) is 11.6 Å². The number of hydrogen-bond donors (Lipinski definition) is 1. The molecule has 1 aliphatic rings. The molecule has 0 saturated carbocycles. The zero-order valence-electron chi connectivity index (χ0n) is 10.8. The largest absolute Gasteiger partial charge is 0.480 e. The molecular weight excluding hydrogens is 330 g/mol. The molecule has 5 heteroatoms. The fourth-order valence-corrected chi connectivity index (χ4v) is 3.07. The Balaban J connectivity index is 2.20. The number of carboxylic acid groups (broad SMARTS) is 1. The van der Waals surface area contributed by atoms with Gasteiger partial charge in [-0.3, -0.25) is 9.69 Å². The monoisotopic (exact) mass is 345 g/mol. The molecule has 0 radical (unpaired) electrons. The van der Waals surface area contributed by atoms with Crippen molar-refractivity contribution >= 4 is 33.5 Å². The molecule has 2 rings (SSSR count). The van der Waals surface area contributed by atoms with Crippen LogP contribution in [0, 0.1) is 0 Å². The van der Waals surface area contributed by atoms with Crippen LogP contribution in [0.3, 0.4) is 0 Å². The molecule has 1 saturated heterocycles. The average Bonchev–Trinajstić information content (AvgIpc) is 2.36. The second-order valence-electron chi connectivity index (χ2n) is 5.21. The van der Waals surface area contributed by atoms with Crippen molar-refractivity contribution in [1.82, 2.24) is 4.90 Å². The number of carbonyl (C=O) groups is 1. The Bertz CT molecular complexity index is 494. The first-order valence-electron chi connectivity index (χ1n) is 6.36. The van der Waals surface area contributed by atoms with Gasteiger partial charge in [-0.15, -0.1) is 0 Å². The van der Waals surface area contributed by atoms with E-state index in [2.05, 4.69) is 20.8 Å². The molecule has 19 heavy (non-hydrogen) atoms. The van der Waals surface area contributed by atoms with E-state index in [0.29, 0.717) is 18.0 Å². The molecule has 1 fully saturated rings. The Morgan fingerprint density at radius 3 is 2.89 bits per heavy atom.